The molecule has 4 rings (SSSR count). The van der Waals surface area contributed by atoms with Gasteiger partial charge < -0.3 is 5.32 Å². The van der Waals surface area contributed by atoms with Gasteiger partial charge in [-0.05, 0) is 65.1 Å². The first-order chi connectivity index (χ1) is 13.4. The van der Waals surface area contributed by atoms with E-state index in [4.69, 9.17) is 34.8 Å². The van der Waals surface area contributed by atoms with Gasteiger partial charge in [0.1, 0.15) is 5.01 Å². The Morgan fingerprint density at radius 2 is 1.79 bits per heavy atom. The molecule has 3 nitrogen and oxygen atoms in total. The van der Waals surface area contributed by atoms with Gasteiger partial charge in [-0.2, -0.15) is 0 Å². The maximum absolute atomic E-state index is 12.9. The molecule has 28 heavy (non-hydrogen) atoms. The monoisotopic (exact) mass is 558 g/mol. The first-order valence-corrected chi connectivity index (χ1v) is 11.1. The van der Waals surface area contributed by atoms with Gasteiger partial charge in [-0.3, -0.25) is 4.79 Å². The van der Waals surface area contributed by atoms with Gasteiger partial charge in [-0.25, -0.2) is 4.98 Å². The zero-order valence-electron chi connectivity index (χ0n) is 14.0. The molecule has 1 N–H and O–H groups in total. The Bertz CT molecular complexity index is 1190. The summed E-state index contributed by atoms with van der Waals surface area (Å²) in [6, 6.07) is 16.4. The van der Waals surface area contributed by atoms with E-state index in [0.717, 1.165) is 18.8 Å². The molecule has 140 valence electrons. The Kier molecular flexibility index (Phi) is 5.81. The molecule has 0 radical (unpaired) electrons. The molecular weight excluding hydrogens is 550 g/mol. The number of hydrogen-bond acceptors (Lipinski definition) is 3. The molecule has 0 aliphatic heterocycles. The van der Waals surface area contributed by atoms with Crippen molar-refractivity contribution >= 4 is 90.5 Å². The summed E-state index contributed by atoms with van der Waals surface area (Å²) in [6.45, 7) is 0. The van der Waals surface area contributed by atoms with Crippen molar-refractivity contribution in [3.05, 3.63) is 78.8 Å². The number of nitrogens with one attached hydrogen (secondary N) is 1. The van der Waals surface area contributed by atoms with E-state index in [1.54, 1.807) is 24.3 Å². The largest absolute Gasteiger partial charge is 0.320 e. The molecule has 0 unspecified atom stereocenters. The van der Waals surface area contributed by atoms with Crippen molar-refractivity contribution in [3.63, 3.8) is 0 Å². The summed E-state index contributed by atoms with van der Waals surface area (Å²) in [6.07, 6.45) is 0. The fourth-order valence-corrected chi connectivity index (χ4v) is 4.93. The number of hydrogen-bond donors (Lipinski definition) is 1. The number of thiazole rings is 1. The lowest BCUT2D eigenvalue weighted by Gasteiger charge is -2.13. The van der Waals surface area contributed by atoms with Crippen molar-refractivity contribution in [2.24, 2.45) is 0 Å². The van der Waals surface area contributed by atoms with E-state index in [1.165, 1.54) is 11.3 Å². The first-order valence-electron chi connectivity index (χ1n) is 8.04. The topological polar surface area (TPSA) is 42.0 Å². The van der Waals surface area contributed by atoms with Crippen LogP contribution in [-0.4, -0.2) is 10.9 Å². The lowest BCUT2D eigenvalue weighted by Crippen LogP contribution is -2.14. The summed E-state index contributed by atoms with van der Waals surface area (Å²) in [5.41, 5.74) is 2.35. The summed E-state index contributed by atoms with van der Waals surface area (Å²) in [4.78, 5) is 17.5. The highest BCUT2D eigenvalue weighted by molar-refractivity contribution is 14.1. The Morgan fingerprint density at radius 3 is 2.57 bits per heavy atom. The van der Waals surface area contributed by atoms with Crippen LogP contribution in [0.1, 0.15) is 10.4 Å². The maximum Gasteiger partial charge on any atom is 0.257 e. The number of halogens is 4. The first kappa shape index (κ1) is 19.9. The quantitative estimate of drug-likeness (QED) is 0.261. The number of nitrogens with zero attached hydrogens (tertiary/aromatic N) is 1. The second-order valence-electron chi connectivity index (χ2n) is 5.88. The van der Waals surface area contributed by atoms with E-state index in [-0.39, 0.29) is 5.91 Å². The van der Waals surface area contributed by atoms with Crippen LogP contribution >= 0.6 is 68.7 Å². The summed E-state index contributed by atoms with van der Waals surface area (Å²) in [5.74, 6) is -0.352. The van der Waals surface area contributed by atoms with Gasteiger partial charge in [0.05, 0.1) is 31.5 Å². The van der Waals surface area contributed by atoms with Crippen LogP contribution in [0.15, 0.2) is 54.6 Å². The van der Waals surface area contributed by atoms with Gasteiger partial charge in [-0.15, -0.1) is 11.3 Å². The van der Waals surface area contributed by atoms with Crippen LogP contribution in [0.5, 0.6) is 0 Å². The van der Waals surface area contributed by atoms with E-state index < -0.39 is 0 Å². The molecule has 0 atom stereocenters. The summed E-state index contributed by atoms with van der Waals surface area (Å²) >= 11 is 22.5. The zero-order chi connectivity index (χ0) is 19.8. The van der Waals surface area contributed by atoms with Crippen LogP contribution in [0.4, 0.5) is 5.69 Å². The minimum absolute atomic E-state index is 0.330. The van der Waals surface area contributed by atoms with Gasteiger partial charge in [0.15, 0.2) is 0 Å². The van der Waals surface area contributed by atoms with Crippen molar-refractivity contribution in [1.82, 2.24) is 4.98 Å². The highest BCUT2D eigenvalue weighted by atomic mass is 127. The molecule has 0 aliphatic rings. The molecule has 0 aliphatic carbocycles. The molecule has 4 aromatic rings. The number of carbonyl (C=O) groups excluding carboxylic acids is 1. The van der Waals surface area contributed by atoms with E-state index in [0.29, 0.717) is 31.9 Å². The molecular formula is C20H10Cl3IN2OS. The smallest absolute Gasteiger partial charge is 0.257 e. The van der Waals surface area contributed by atoms with Crippen molar-refractivity contribution in [2.45, 2.75) is 0 Å². The molecule has 0 bridgehead atoms. The minimum atomic E-state index is -0.352. The molecule has 8 heteroatoms. The number of carbonyl (C=O) groups is 1. The second-order valence-corrected chi connectivity index (χ2v) is 9.40. The van der Waals surface area contributed by atoms with Gasteiger partial charge >= 0.3 is 0 Å². The number of rotatable bonds is 3. The van der Waals surface area contributed by atoms with Crippen molar-refractivity contribution in [3.8, 4) is 10.6 Å². The highest BCUT2D eigenvalue weighted by Crippen LogP contribution is 2.40. The molecule has 1 amide bonds. The third kappa shape index (κ3) is 4.00. The predicted molar refractivity (Wildman–Crippen MR) is 127 cm³/mol. The number of aromatic nitrogens is 1. The summed E-state index contributed by atoms with van der Waals surface area (Å²) in [7, 11) is 0. The molecule has 3 aromatic carbocycles. The zero-order valence-corrected chi connectivity index (χ0v) is 19.2. The van der Waals surface area contributed by atoms with Crippen LogP contribution in [0.25, 0.3) is 20.8 Å². The van der Waals surface area contributed by atoms with Crippen molar-refractivity contribution in [1.29, 1.82) is 0 Å². The number of fused-ring (bicyclic) bond motifs is 1. The average molecular weight is 560 g/mol. The third-order valence-corrected chi connectivity index (χ3v) is 6.58. The van der Waals surface area contributed by atoms with Crippen LogP contribution in [0.3, 0.4) is 0 Å². The Balaban J connectivity index is 1.81. The Labute approximate surface area is 193 Å². The molecule has 0 fully saturated rings. The van der Waals surface area contributed by atoms with E-state index in [1.807, 2.05) is 30.3 Å². The lowest BCUT2D eigenvalue weighted by molar-refractivity contribution is 0.102. The maximum atomic E-state index is 12.9. The van der Waals surface area contributed by atoms with E-state index in [9.17, 15) is 4.79 Å². The Hall–Kier alpha value is -1.38. The van der Waals surface area contributed by atoms with E-state index >= 15 is 0 Å². The van der Waals surface area contributed by atoms with Crippen molar-refractivity contribution < 1.29 is 4.79 Å². The number of benzene rings is 3. The lowest BCUT2D eigenvalue weighted by atomic mass is 10.1. The Morgan fingerprint density at radius 1 is 1.00 bits per heavy atom. The highest BCUT2D eigenvalue weighted by Gasteiger charge is 2.19. The SMILES string of the molecule is O=C(Nc1c(Cl)cc(Cl)cc1-c1nc2ccccc2s1)c1cc(I)ccc1Cl. The fraction of sp³-hybridized carbons (Fsp3) is 0. The summed E-state index contributed by atoms with van der Waals surface area (Å²) in [5, 5.41) is 4.76. The second kappa shape index (κ2) is 8.16. The minimum Gasteiger partial charge on any atom is -0.320 e. The molecule has 0 saturated heterocycles. The van der Waals surface area contributed by atoms with Crippen LogP contribution < -0.4 is 5.32 Å². The van der Waals surface area contributed by atoms with Gasteiger partial charge in [0, 0.05) is 14.2 Å². The normalized spacial score (nSPS) is 11.0. The van der Waals surface area contributed by atoms with Crippen LogP contribution in [0.2, 0.25) is 15.1 Å². The fourth-order valence-electron chi connectivity index (χ4n) is 2.71. The van der Waals surface area contributed by atoms with Crippen molar-refractivity contribution in [2.75, 3.05) is 5.32 Å². The molecule has 0 spiro atoms. The number of amides is 1. The van der Waals surface area contributed by atoms with Crippen LogP contribution in [-0.2, 0) is 0 Å². The van der Waals surface area contributed by atoms with Gasteiger partial charge in [0.2, 0.25) is 0 Å². The third-order valence-electron chi connectivity index (χ3n) is 3.99. The summed E-state index contributed by atoms with van der Waals surface area (Å²) < 4.78 is 1.94. The number of anilines is 1. The van der Waals surface area contributed by atoms with Gasteiger partial charge in [-0.1, -0.05) is 46.9 Å². The molecule has 1 heterocycles. The van der Waals surface area contributed by atoms with Crippen LogP contribution in [0, 0.1) is 3.57 Å². The standard InChI is InChI=1S/C20H10Cl3IN2OS/c21-10-7-13(20-25-16-3-1-2-4-17(16)28-20)18(15(23)8-10)26-19(27)12-9-11(24)5-6-14(12)22/h1-9H,(H,26,27). The molecule has 1 aromatic heterocycles. The molecule has 0 saturated carbocycles. The predicted octanol–water partition coefficient (Wildman–Crippen LogP) is 7.78. The average Bonchev–Trinajstić information content (AvgIpc) is 3.09. The van der Waals surface area contributed by atoms with Gasteiger partial charge in [0.25, 0.3) is 5.91 Å². The number of para-hydroxylation sites is 1. The van der Waals surface area contributed by atoms with E-state index in [2.05, 4.69) is 32.9 Å².